The van der Waals surface area contributed by atoms with Crippen molar-refractivity contribution in [1.29, 1.82) is 0 Å². The van der Waals surface area contributed by atoms with E-state index in [1.807, 2.05) is 12.1 Å². The van der Waals surface area contributed by atoms with Crippen LogP contribution in [0.25, 0.3) is 0 Å². The Kier molecular flexibility index (Phi) is 4.45. The third kappa shape index (κ3) is 3.41. The maximum atomic E-state index is 11.3. The van der Waals surface area contributed by atoms with E-state index in [1.165, 1.54) is 18.9 Å². The molecule has 0 aliphatic heterocycles. The molecule has 106 valence electrons. The summed E-state index contributed by atoms with van der Waals surface area (Å²) in [5.41, 5.74) is 2.76. The van der Waals surface area contributed by atoms with Crippen molar-refractivity contribution >= 4 is 11.7 Å². The van der Waals surface area contributed by atoms with E-state index < -0.39 is 0 Å². The summed E-state index contributed by atoms with van der Waals surface area (Å²) in [6.07, 6.45) is 1.41. The number of hydrogen-bond donors (Lipinski definition) is 1. The first kappa shape index (κ1) is 14.2. The lowest BCUT2D eigenvalue weighted by Gasteiger charge is -2.08. The fourth-order valence-electron chi connectivity index (χ4n) is 1.87. The highest BCUT2D eigenvalue weighted by Crippen LogP contribution is 2.18. The van der Waals surface area contributed by atoms with Crippen molar-refractivity contribution in [3.63, 3.8) is 0 Å². The molecule has 0 amide bonds. The lowest BCUT2D eigenvalue weighted by molar-refractivity contribution is 0.0600. The number of rotatable bonds is 5. The van der Waals surface area contributed by atoms with E-state index in [1.54, 1.807) is 6.07 Å². The van der Waals surface area contributed by atoms with E-state index in [4.69, 9.17) is 4.42 Å². The van der Waals surface area contributed by atoms with Crippen molar-refractivity contribution in [1.82, 2.24) is 0 Å². The molecule has 0 saturated heterocycles. The Labute approximate surface area is 118 Å². The highest BCUT2D eigenvalue weighted by molar-refractivity contribution is 5.88. The number of esters is 1. The van der Waals surface area contributed by atoms with Gasteiger partial charge in [0, 0.05) is 5.69 Å². The Bertz CT molecular complexity index is 570. The van der Waals surface area contributed by atoms with Crippen LogP contribution in [-0.2, 0) is 11.3 Å². The van der Waals surface area contributed by atoms with Crippen molar-refractivity contribution in [2.75, 3.05) is 12.4 Å². The molecule has 0 fully saturated rings. The van der Waals surface area contributed by atoms with Crippen LogP contribution >= 0.6 is 0 Å². The molecule has 1 N–H and O–H groups in total. The van der Waals surface area contributed by atoms with Gasteiger partial charge in [-0.25, -0.2) is 4.79 Å². The zero-order valence-electron chi connectivity index (χ0n) is 12.0. The molecule has 0 bridgehead atoms. The molecule has 1 heterocycles. The maximum absolute atomic E-state index is 11.3. The second-order valence-electron chi connectivity index (χ2n) is 4.92. The summed E-state index contributed by atoms with van der Waals surface area (Å²) >= 11 is 0. The summed E-state index contributed by atoms with van der Waals surface area (Å²) in [7, 11) is 1.35. The lowest BCUT2D eigenvalue weighted by atomic mass is 10.0. The molecule has 2 rings (SSSR count). The number of hydrogen-bond acceptors (Lipinski definition) is 4. The molecule has 1 aromatic carbocycles. The number of ether oxygens (including phenoxy) is 1. The van der Waals surface area contributed by atoms with E-state index >= 15 is 0 Å². The Morgan fingerprint density at radius 1 is 1.30 bits per heavy atom. The Balaban J connectivity index is 1.94. The number of furan rings is 1. The topological polar surface area (TPSA) is 51.5 Å². The minimum absolute atomic E-state index is 0.388. The molecule has 4 heteroatoms. The lowest BCUT2D eigenvalue weighted by Crippen LogP contribution is -2.00. The molecule has 1 aromatic heterocycles. The molecule has 2 aromatic rings. The molecule has 0 aliphatic carbocycles. The maximum Gasteiger partial charge on any atom is 0.341 e. The van der Waals surface area contributed by atoms with E-state index in [2.05, 4.69) is 36.0 Å². The van der Waals surface area contributed by atoms with Crippen LogP contribution in [0, 0.1) is 0 Å². The predicted octanol–water partition coefficient (Wildman–Crippen LogP) is 3.80. The second-order valence-corrected chi connectivity index (χ2v) is 4.92. The highest BCUT2D eigenvalue weighted by atomic mass is 16.5. The van der Waals surface area contributed by atoms with Crippen LogP contribution in [0.5, 0.6) is 0 Å². The van der Waals surface area contributed by atoms with Gasteiger partial charge in [-0.3, -0.25) is 0 Å². The van der Waals surface area contributed by atoms with Crippen LogP contribution < -0.4 is 5.32 Å². The standard InChI is InChI=1S/C16H19NO3/c1-11(2)12-4-6-14(7-5-12)17-9-15-8-13(10-20-15)16(18)19-3/h4-8,10-11,17H,9H2,1-3H3. The number of carbonyl (C=O) groups is 1. The van der Waals surface area contributed by atoms with Gasteiger partial charge < -0.3 is 14.5 Å². The Morgan fingerprint density at radius 3 is 2.60 bits per heavy atom. The molecule has 0 radical (unpaired) electrons. The van der Waals surface area contributed by atoms with Gasteiger partial charge in [-0.2, -0.15) is 0 Å². The van der Waals surface area contributed by atoms with Gasteiger partial charge >= 0.3 is 5.97 Å². The van der Waals surface area contributed by atoms with Crippen molar-refractivity contribution in [2.24, 2.45) is 0 Å². The molecule has 0 atom stereocenters. The zero-order valence-corrected chi connectivity index (χ0v) is 12.0. The number of methoxy groups -OCH3 is 1. The summed E-state index contributed by atoms with van der Waals surface area (Å²) in [6.45, 7) is 4.86. The number of nitrogens with one attached hydrogen (secondary N) is 1. The van der Waals surface area contributed by atoms with Gasteiger partial charge in [0.2, 0.25) is 0 Å². The Hall–Kier alpha value is -2.23. The first-order valence-electron chi connectivity index (χ1n) is 6.59. The van der Waals surface area contributed by atoms with Gasteiger partial charge in [0.25, 0.3) is 0 Å². The molecule has 0 spiro atoms. The van der Waals surface area contributed by atoms with Crippen molar-refractivity contribution in [2.45, 2.75) is 26.3 Å². The SMILES string of the molecule is COC(=O)c1coc(CNc2ccc(C(C)C)cc2)c1. The average Bonchev–Trinajstić information content (AvgIpc) is 2.93. The summed E-state index contributed by atoms with van der Waals surface area (Å²) in [5, 5.41) is 3.25. The molecule has 0 saturated carbocycles. The van der Waals surface area contributed by atoms with Crippen LogP contribution in [0.1, 0.15) is 41.4 Å². The highest BCUT2D eigenvalue weighted by Gasteiger charge is 2.09. The molecule has 0 unspecified atom stereocenters. The summed E-state index contributed by atoms with van der Waals surface area (Å²) in [4.78, 5) is 11.3. The largest absolute Gasteiger partial charge is 0.467 e. The van der Waals surface area contributed by atoms with Gasteiger partial charge in [0.05, 0.1) is 19.2 Å². The monoisotopic (exact) mass is 273 g/mol. The van der Waals surface area contributed by atoms with Crippen LogP contribution in [0.15, 0.2) is 41.0 Å². The smallest absolute Gasteiger partial charge is 0.341 e. The first-order valence-corrected chi connectivity index (χ1v) is 6.59. The van der Waals surface area contributed by atoms with E-state index in [0.29, 0.717) is 23.8 Å². The fourth-order valence-corrected chi connectivity index (χ4v) is 1.87. The van der Waals surface area contributed by atoms with E-state index in [-0.39, 0.29) is 5.97 Å². The summed E-state index contributed by atoms with van der Waals surface area (Å²) in [6, 6.07) is 9.98. The molecular formula is C16H19NO3. The van der Waals surface area contributed by atoms with Gasteiger partial charge in [-0.1, -0.05) is 26.0 Å². The van der Waals surface area contributed by atoms with Crippen molar-refractivity contribution < 1.29 is 13.9 Å². The van der Waals surface area contributed by atoms with E-state index in [0.717, 1.165) is 5.69 Å². The van der Waals surface area contributed by atoms with Gasteiger partial charge in [0.1, 0.15) is 12.0 Å². The molecule has 20 heavy (non-hydrogen) atoms. The zero-order chi connectivity index (χ0) is 14.5. The minimum Gasteiger partial charge on any atom is -0.467 e. The van der Waals surface area contributed by atoms with Crippen LogP contribution in [0.3, 0.4) is 0 Å². The van der Waals surface area contributed by atoms with Crippen LogP contribution in [0.4, 0.5) is 5.69 Å². The third-order valence-electron chi connectivity index (χ3n) is 3.12. The second kappa shape index (κ2) is 6.28. The van der Waals surface area contributed by atoms with Crippen molar-refractivity contribution in [3.05, 3.63) is 53.5 Å². The number of anilines is 1. The van der Waals surface area contributed by atoms with E-state index in [9.17, 15) is 4.79 Å². The fraction of sp³-hybridized carbons (Fsp3) is 0.312. The normalized spacial score (nSPS) is 10.6. The van der Waals surface area contributed by atoms with Crippen LogP contribution in [0.2, 0.25) is 0 Å². The molecule has 0 aliphatic rings. The number of benzene rings is 1. The third-order valence-corrected chi connectivity index (χ3v) is 3.12. The molecular weight excluding hydrogens is 254 g/mol. The number of carbonyl (C=O) groups excluding carboxylic acids is 1. The minimum atomic E-state index is -0.388. The summed E-state index contributed by atoms with van der Waals surface area (Å²) < 4.78 is 9.94. The Morgan fingerprint density at radius 2 is 2.00 bits per heavy atom. The average molecular weight is 273 g/mol. The van der Waals surface area contributed by atoms with Crippen LogP contribution in [-0.4, -0.2) is 13.1 Å². The van der Waals surface area contributed by atoms with Gasteiger partial charge in [-0.05, 0) is 29.7 Å². The summed E-state index contributed by atoms with van der Waals surface area (Å²) in [5.74, 6) is 0.830. The predicted molar refractivity (Wildman–Crippen MR) is 77.9 cm³/mol. The first-order chi connectivity index (χ1) is 9.60. The van der Waals surface area contributed by atoms with Crippen molar-refractivity contribution in [3.8, 4) is 0 Å². The van der Waals surface area contributed by atoms with Gasteiger partial charge in [-0.15, -0.1) is 0 Å². The quantitative estimate of drug-likeness (QED) is 0.842. The van der Waals surface area contributed by atoms with Gasteiger partial charge in [0.15, 0.2) is 0 Å². The molecule has 4 nitrogen and oxygen atoms in total.